The van der Waals surface area contributed by atoms with Gasteiger partial charge in [-0.1, -0.05) is 17.4 Å². The molecule has 0 aliphatic rings. The third kappa shape index (κ3) is 1.84. The number of nitrogens with zero attached hydrogens (tertiary/aromatic N) is 2. The van der Waals surface area contributed by atoms with E-state index >= 15 is 0 Å². The van der Waals surface area contributed by atoms with Crippen LogP contribution >= 0.6 is 11.3 Å². The van der Waals surface area contributed by atoms with Crippen molar-refractivity contribution in [3.05, 3.63) is 50.4 Å². The molecule has 1 aromatic carbocycles. The molecule has 0 amide bonds. The zero-order valence-corrected chi connectivity index (χ0v) is 9.37. The maximum Gasteiger partial charge on any atom is 0.308 e. The molecule has 0 atom stereocenters. The van der Waals surface area contributed by atoms with Crippen molar-refractivity contribution in [1.82, 2.24) is 4.57 Å². The zero-order chi connectivity index (χ0) is 12.6. The number of aromatic nitrogens is 1. The molecule has 0 N–H and O–H groups in total. The van der Waals surface area contributed by atoms with E-state index < -0.39 is 16.4 Å². The van der Waals surface area contributed by atoms with E-state index in [1.54, 1.807) is 0 Å². The molecule has 0 spiro atoms. The van der Waals surface area contributed by atoms with E-state index in [0.717, 1.165) is 23.5 Å². The van der Waals surface area contributed by atoms with Gasteiger partial charge in [-0.3, -0.25) is 19.5 Å². The maximum atomic E-state index is 13.3. The summed E-state index contributed by atoms with van der Waals surface area (Å²) in [7, 11) is 0. The molecule has 0 aliphatic carbocycles. The molecule has 88 valence electrons. The number of hydrogen-bond acceptors (Lipinski definition) is 4. The van der Waals surface area contributed by atoms with E-state index in [1.165, 1.54) is 10.6 Å². The van der Waals surface area contributed by atoms with Crippen LogP contribution in [0.5, 0.6) is 0 Å². The Morgan fingerprint density at radius 1 is 1.59 bits per heavy atom. The van der Waals surface area contributed by atoms with Gasteiger partial charge in [-0.15, -0.1) is 6.58 Å². The van der Waals surface area contributed by atoms with E-state index in [9.17, 15) is 19.3 Å². The van der Waals surface area contributed by atoms with E-state index in [4.69, 9.17) is 0 Å². The summed E-state index contributed by atoms with van der Waals surface area (Å²) in [5.74, 6) is -0.936. The Kier molecular flexibility index (Phi) is 2.76. The number of nitro groups is 1. The standard InChI is InChI=1S/C10H7FN2O3S/c1-2-3-12-8-5-7(13(15)16)6(11)4-9(8)17-10(12)14/h2,4-5H,1,3H2. The van der Waals surface area contributed by atoms with Crippen LogP contribution in [0.3, 0.4) is 0 Å². The first-order valence-corrected chi connectivity index (χ1v) is 5.44. The van der Waals surface area contributed by atoms with E-state index in [-0.39, 0.29) is 11.4 Å². The number of thiazole rings is 1. The van der Waals surface area contributed by atoms with Gasteiger partial charge in [0.05, 0.1) is 15.1 Å². The first kappa shape index (κ1) is 11.5. The molecule has 0 saturated heterocycles. The van der Waals surface area contributed by atoms with Gasteiger partial charge in [-0.25, -0.2) is 0 Å². The summed E-state index contributed by atoms with van der Waals surface area (Å²) < 4.78 is 15.0. The highest BCUT2D eigenvalue weighted by Crippen LogP contribution is 2.26. The van der Waals surface area contributed by atoms with Gasteiger partial charge in [0.2, 0.25) is 5.82 Å². The van der Waals surface area contributed by atoms with Gasteiger partial charge in [0, 0.05) is 18.7 Å². The summed E-state index contributed by atoms with van der Waals surface area (Å²) >= 11 is 0.850. The van der Waals surface area contributed by atoms with Crippen molar-refractivity contribution in [3.8, 4) is 0 Å². The van der Waals surface area contributed by atoms with Crippen LogP contribution in [0, 0.1) is 15.9 Å². The number of benzene rings is 1. The number of fused-ring (bicyclic) bond motifs is 1. The van der Waals surface area contributed by atoms with Gasteiger partial charge in [-0.05, 0) is 0 Å². The Labute approximate surface area is 98.6 Å². The average molecular weight is 254 g/mol. The third-order valence-corrected chi connectivity index (χ3v) is 3.19. The quantitative estimate of drug-likeness (QED) is 0.479. The van der Waals surface area contributed by atoms with Crippen molar-refractivity contribution < 1.29 is 9.31 Å². The van der Waals surface area contributed by atoms with Crippen molar-refractivity contribution in [2.75, 3.05) is 0 Å². The number of allylic oxidation sites excluding steroid dienone is 1. The molecule has 5 nitrogen and oxygen atoms in total. The summed E-state index contributed by atoms with van der Waals surface area (Å²) in [5.41, 5.74) is -0.277. The van der Waals surface area contributed by atoms with E-state index in [2.05, 4.69) is 6.58 Å². The van der Waals surface area contributed by atoms with Crippen LogP contribution in [0.1, 0.15) is 0 Å². The SMILES string of the molecule is C=CCn1c(=O)sc2cc(F)c([N+](=O)[O-])cc21. The van der Waals surface area contributed by atoms with E-state index in [1.807, 2.05) is 0 Å². The summed E-state index contributed by atoms with van der Waals surface area (Å²) in [5, 5.41) is 10.6. The summed E-state index contributed by atoms with van der Waals surface area (Å²) in [4.78, 5) is 21.1. The largest absolute Gasteiger partial charge is 0.308 e. The molecule has 2 aromatic rings. The number of halogens is 1. The smallest absolute Gasteiger partial charge is 0.295 e. The number of nitro benzene ring substituents is 1. The lowest BCUT2D eigenvalue weighted by molar-refractivity contribution is -0.387. The highest BCUT2D eigenvalue weighted by Gasteiger charge is 2.18. The Bertz CT molecular complexity index is 674. The highest BCUT2D eigenvalue weighted by molar-refractivity contribution is 7.16. The molecule has 17 heavy (non-hydrogen) atoms. The Morgan fingerprint density at radius 2 is 2.29 bits per heavy atom. The van der Waals surface area contributed by atoms with Crippen LogP contribution in [-0.4, -0.2) is 9.49 Å². The minimum atomic E-state index is -0.936. The van der Waals surface area contributed by atoms with Crippen molar-refractivity contribution in [1.29, 1.82) is 0 Å². The summed E-state index contributed by atoms with van der Waals surface area (Å²) in [6.07, 6.45) is 1.50. The van der Waals surface area contributed by atoms with Crippen LogP contribution in [0.4, 0.5) is 10.1 Å². The summed E-state index contributed by atoms with van der Waals surface area (Å²) in [6.45, 7) is 3.73. The fourth-order valence-corrected chi connectivity index (χ4v) is 2.42. The number of hydrogen-bond donors (Lipinski definition) is 0. The second kappa shape index (κ2) is 4.10. The Morgan fingerprint density at radius 3 is 2.88 bits per heavy atom. The van der Waals surface area contributed by atoms with Crippen molar-refractivity contribution in [3.63, 3.8) is 0 Å². The monoisotopic (exact) mass is 254 g/mol. The molecule has 7 heteroatoms. The first-order valence-electron chi connectivity index (χ1n) is 4.62. The van der Waals surface area contributed by atoms with Crippen LogP contribution in [-0.2, 0) is 6.54 Å². The third-order valence-electron chi connectivity index (χ3n) is 2.25. The molecule has 0 unspecified atom stereocenters. The van der Waals surface area contributed by atoms with Gasteiger partial charge >= 0.3 is 10.6 Å². The molecule has 0 aliphatic heterocycles. The molecule has 0 bridgehead atoms. The van der Waals surface area contributed by atoms with Crippen molar-refractivity contribution >= 4 is 27.2 Å². The second-order valence-corrected chi connectivity index (χ2v) is 4.29. The lowest BCUT2D eigenvalue weighted by atomic mass is 10.3. The molecule has 2 rings (SSSR count). The normalized spacial score (nSPS) is 10.6. The van der Waals surface area contributed by atoms with Crippen molar-refractivity contribution in [2.45, 2.75) is 6.54 Å². The molecule has 1 heterocycles. The predicted molar refractivity (Wildman–Crippen MR) is 62.9 cm³/mol. The topological polar surface area (TPSA) is 65.1 Å². The Hall–Kier alpha value is -2.02. The van der Waals surface area contributed by atoms with Gasteiger partial charge in [-0.2, -0.15) is 4.39 Å². The van der Waals surface area contributed by atoms with Gasteiger partial charge < -0.3 is 0 Å². The first-order chi connectivity index (χ1) is 8.04. The molecular weight excluding hydrogens is 247 g/mol. The minimum Gasteiger partial charge on any atom is -0.295 e. The average Bonchev–Trinajstić information content (AvgIpc) is 2.54. The zero-order valence-electron chi connectivity index (χ0n) is 8.55. The van der Waals surface area contributed by atoms with Crippen molar-refractivity contribution in [2.24, 2.45) is 0 Å². The van der Waals surface area contributed by atoms with Gasteiger partial charge in [0.1, 0.15) is 0 Å². The second-order valence-electron chi connectivity index (χ2n) is 3.30. The molecular formula is C10H7FN2O3S. The Balaban J connectivity index is 2.81. The fraction of sp³-hybridized carbons (Fsp3) is 0.100. The molecule has 0 radical (unpaired) electrons. The molecule has 1 aromatic heterocycles. The predicted octanol–water partition coefficient (Wildman–Crippen LogP) is 2.30. The van der Waals surface area contributed by atoms with Gasteiger partial charge in [0.25, 0.3) is 0 Å². The van der Waals surface area contributed by atoms with Crippen LogP contribution in [0.2, 0.25) is 0 Å². The summed E-state index contributed by atoms with van der Waals surface area (Å²) in [6, 6.07) is 2.09. The van der Waals surface area contributed by atoms with Crippen LogP contribution in [0.25, 0.3) is 10.2 Å². The molecule has 0 fully saturated rings. The lowest BCUT2D eigenvalue weighted by Crippen LogP contribution is -2.11. The van der Waals surface area contributed by atoms with Crippen LogP contribution in [0.15, 0.2) is 29.6 Å². The maximum absolute atomic E-state index is 13.3. The molecule has 0 saturated carbocycles. The van der Waals surface area contributed by atoms with Gasteiger partial charge in [0.15, 0.2) is 0 Å². The van der Waals surface area contributed by atoms with E-state index in [0.29, 0.717) is 10.2 Å². The lowest BCUT2D eigenvalue weighted by Gasteiger charge is -1.99. The van der Waals surface area contributed by atoms with Crippen LogP contribution < -0.4 is 4.87 Å². The minimum absolute atomic E-state index is 0.238. The highest BCUT2D eigenvalue weighted by atomic mass is 32.1. The fourth-order valence-electron chi connectivity index (χ4n) is 1.51. The number of rotatable bonds is 3.